The highest BCUT2D eigenvalue weighted by atomic mass is 16.5. The van der Waals surface area contributed by atoms with Crippen LogP contribution in [0.2, 0.25) is 0 Å². The first-order valence-electron chi connectivity index (χ1n) is 5.39. The molecular weight excluding hydrogens is 218 g/mol. The van der Waals surface area contributed by atoms with Gasteiger partial charge in [-0.25, -0.2) is 0 Å². The van der Waals surface area contributed by atoms with Crippen LogP contribution in [0.3, 0.4) is 0 Å². The summed E-state index contributed by atoms with van der Waals surface area (Å²) in [6.07, 6.45) is 0. The Morgan fingerprint density at radius 2 is 1.65 bits per heavy atom. The molecule has 0 saturated carbocycles. The van der Waals surface area contributed by atoms with Gasteiger partial charge in [0.1, 0.15) is 11.4 Å². The molecule has 0 aromatic heterocycles. The van der Waals surface area contributed by atoms with E-state index in [0.29, 0.717) is 5.69 Å². The molecule has 1 amide bonds. The van der Waals surface area contributed by atoms with Crippen molar-refractivity contribution >= 4 is 17.4 Å². The van der Waals surface area contributed by atoms with Gasteiger partial charge < -0.3 is 10.1 Å². The highest BCUT2D eigenvalue weighted by Gasteiger charge is 2.12. The molecule has 17 heavy (non-hydrogen) atoms. The fraction of sp³-hybridized carbons (Fsp3) is 0.385. The van der Waals surface area contributed by atoms with Crippen molar-refractivity contribution in [2.75, 3.05) is 5.32 Å². The molecule has 0 aliphatic heterocycles. The van der Waals surface area contributed by atoms with Crippen LogP contribution in [0.4, 0.5) is 5.69 Å². The SMILES string of the molecule is CC(=O)C(=O)Nc1ccc(OC(C)(C)C)cc1. The van der Waals surface area contributed by atoms with Gasteiger partial charge in [0.05, 0.1) is 0 Å². The second kappa shape index (κ2) is 4.99. The Morgan fingerprint density at radius 1 is 1.12 bits per heavy atom. The van der Waals surface area contributed by atoms with Crippen LogP contribution < -0.4 is 10.1 Å². The third-order valence-corrected chi connectivity index (χ3v) is 1.86. The number of ether oxygens (including phenoxy) is 1. The Kier molecular flexibility index (Phi) is 3.89. The molecule has 4 nitrogen and oxygen atoms in total. The lowest BCUT2D eigenvalue weighted by Gasteiger charge is -2.21. The third-order valence-electron chi connectivity index (χ3n) is 1.86. The van der Waals surface area contributed by atoms with Crippen LogP contribution in [-0.2, 0) is 9.59 Å². The van der Waals surface area contributed by atoms with E-state index < -0.39 is 11.7 Å². The molecule has 0 fully saturated rings. The van der Waals surface area contributed by atoms with Crippen molar-refractivity contribution < 1.29 is 14.3 Å². The first-order chi connectivity index (χ1) is 7.78. The average Bonchev–Trinajstić information content (AvgIpc) is 2.18. The van der Waals surface area contributed by atoms with Crippen molar-refractivity contribution in [1.29, 1.82) is 0 Å². The number of carbonyl (C=O) groups excluding carboxylic acids is 2. The van der Waals surface area contributed by atoms with E-state index in [1.165, 1.54) is 6.92 Å². The predicted octanol–water partition coefficient (Wildman–Crippen LogP) is 2.39. The summed E-state index contributed by atoms with van der Waals surface area (Å²) in [4.78, 5) is 21.9. The maximum atomic E-state index is 11.1. The van der Waals surface area contributed by atoms with E-state index in [1.807, 2.05) is 20.8 Å². The lowest BCUT2D eigenvalue weighted by Crippen LogP contribution is -2.23. The average molecular weight is 235 g/mol. The highest BCUT2D eigenvalue weighted by molar-refractivity contribution is 6.39. The van der Waals surface area contributed by atoms with E-state index >= 15 is 0 Å². The third kappa shape index (κ3) is 4.68. The molecule has 1 N–H and O–H groups in total. The summed E-state index contributed by atoms with van der Waals surface area (Å²) in [6, 6.07) is 6.89. The first kappa shape index (κ1) is 13.2. The molecule has 0 spiro atoms. The van der Waals surface area contributed by atoms with Gasteiger partial charge in [-0.15, -0.1) is 0 Å². The summed E-state index contributed by atoms with van der Waals surface area (Å²) in [5, 5.41) is 2.49. The molecule has 1 rings (SSSR count). The minimum absolute atomic E-state index is 0.260. The molecular formula is C13H17NO3. The second-order valence-electron chi connectivity index (χ2n) is 4.75. The van der Waals surface area contributed by atoms with Crippen molar-refractivity contribution in [3.63, 3.8) is 0 Å². The fourth-order valence-corrected chi connectivity index (χ4v) is 1.18. The summed E-state index contributed by atoms with van der Waals surface area (Å²) in [5.41, 5.74) is 0.316. The van der Waals surface area contributed by atoms with Gasteiger partial charge in [-0.1, -0.05) is 0 Å². The predicted molar refractivity (Wildman–Crippen MR) is 66.1 cm³/mol. The van der Waals surface area contributed by atoms with Crippen molar-refractivity contribution in [2.45, 2.75) is 33.3 Å². The zero-order valence-electron chi connectivity index (χ0n) is 10.5. The standard InChI is InChI=1S/C13H17NO3/c1-9(15)12(16)14-10-5-7-11(8-6-10)17-13(2,3)4/h5-8H,1-4H3,(H,14,16). The molecule has 0 bridgehead atoms. The van der Waals surface area contributed by atoms with Crippen LogP contribution >= 0.6 is 0 Å². The highest BCUT2D eigenvalue weighted by Crippen LogP contribution is 2.20. The fourth-order valence-electron chi connectivity index (χ4n) is 1.18. The molecule has 0 aliphatic carbocycles. The maximum absolute atomic E-state index is 11.1. The second-order valence-corrected chi connectivity index (χ2v) is 4.75. The monoisotopic (exact) mass is 235 g/mol. The van der Waals surface area contributed by atoms with E-state index in [1.54, 1.807) is 24.3 Å². The lowest BCUT2D eigenvalue weighted by atomic mass is 10.2. The number of benzene rings is 1. The number of anilines is 1. The van der Waals surface area contributed by atoms with Gasteiger partial charge >= 0.3 is 0 Å². The molecule has 1 aromatic carbocycles. The number of ketones is 1. The van der Waals surface area contributed by atoms with E-state index in [0.717, 1.165) is 5.75 Å². The van der Waals surface area contributed by atoms with Crippen molar-refractivity contribution in [3.05, 3.63) is 24.3 Å². The quantitative estimate of drug-likeness (QED) is 0.818. The Bertz CT molecular complexity index is 415. The van der Waals surface area contributed by atoms with Gasteiger partial charge in [-0.3, -0.25) is 9.59 Å². The molecule has 4 heteroatoms. The molecule has 1 aromatic rings. The van der Waals surface area contributed by atoms with Gasteiger partial charge in [0.15, 0.2) is 0 Å². The number of rotatable bonds is 3. The Morgan fingerprint density at radius 3 is 2.06 bits per heavy atom. The molecule has 0 radical (unpaired) electrons. The van der Waals surface area contributed by atoms with Gasteiger partial charge in [0, 0.05) is 12.6 Å². The van der Waals surface area contributed by atoms with Crippen LogP contribution in [0.25, 0.3) is 0 Å². The Labute approximate surface area is 101 Å². The van der Waals surface area contributed by atoms with Crippen LogP contribution in [-0.4, -0.2) is 17.3 Å². The summed E-state index contributed by atoms with van der Waals surface area (Å²) >= 11 is 0. The number of nitrogens with one attached hydrogen (secondary N) is 1. The van der Waals surface area contributed by atoms with E-state index in [2.05, 4.69) is 5.32 Å². The number of amides is 1. The minimum Gasteiger partial charge on any atom is -0.488 e. The normalized spacial score (nSPS) is 10.8. The van der Waals surface area contributed by atoms with E-state index in [4.69, 9.17) is 4.74 Å². The topological polar surface area (TPSA) is 55.4 Å². The molecule has 0 unspecified atom stereocenters. The number of carbonyl (C=O) groups is 2. The number of Topliss-reactive ketones (excluding diaryl/α,β-unsaturated/α-hetero) is 1. The zero-order valence-corrected chi connectivity index (χ0v) is 10.5. The van der Waals surface area contributed by atoms with Gasteiger partial charge in [-0.05, 0) is 45.0 Å². The maximum Gasteiger partial charge on any atom is 0.291 e. The molecule has 92 valence electrons. The number of hydrogen-bond donors (Lipinski definition) is 1. The largest absolute Gasteiger partial charge is 0.488 e. The van der Waals surface area contributed by atoms with Crippen molar-refractivity contribution in [1.82, 2.24) is 0 Å². The molecule has 0 atom stereocenters. The van der Waals surface area contributed by atoms with E-state index in [-0.39, 0.29) is 5.60 Å². The smallest absolute Gasteiger partial charge is 0.291 e. The molecule has 0 aliphatic rings. The van der Waals surface area contributed by atoms with Gasteiger partial charge in [0.25, 0.3) is 5.91 Å². The minimum atomic E-state index is -0.616. The molecule has 0 heterocycles. The number of hydrogen-bond acceptors (Lipinski definition) is 3. The van der Waals surface area contributed by atoms with Crippen molar-refractivity contribution in [2.24, 2.45) is 0 Å². The molecule has 0 saturated heterocycles. The lowest BCUT2D eigenvalue weighted by molar-refractivity contribution is -0.133. The van der Waals surface area contributed by atoms with Crippen LogP contribution in [0.15, 0.2) is 24.3 Å². The van der Waals surface area contributed by atoms with E-state index in [9.17, 15) is 9.59 Å². The van der Waals surface area contributed by atoms with Crippen molar-refractivity contribution in [3.8, 4) is 5.75 Å². The van der Waals surface area contributed by atoms with Crippen LogP contribution in [0.1, 0.15) is 27.7 Å². The van der Waals surface area contributed by atoms with Gasteiger partial charge in [0.2, 0.25) is 5.78 Å². The first-order valence-corrected chi connectivity index (χ1v) is 5.39. The van der Waals surface area contributed by atoms with Gasteiger partial charge in [-0.2, -0.15) is 0 Å². The summed E-state index contributed by atoms with van der Waals surface area (Å²) in [5.74, 6) is -0.409. The Hall–Kier alpha value is -1.84. The summed E-state index contributed by atoms with van der Waals surface area (Å²) in [7, 11) is 0. The summed E-state index contributed by atoms with van der Waals surface area (Å²) in [6.45, 7) is 7.10. The Balaban J connectivity index is 2.68. The van der Waals surface area contributed by atoms with Crippen LogP contribution in [0.5, 0.6) is 5.75 Å². The summed E-state index contributed by atoms with van der Waals surface area (Å²) < 4.78 is 5.63. The van der Waals surface area contributed by atoms with Crippen LogP contribution in [0, 0.1) is 0 Å². The zero-order chi connectivity index (χ0) is 13.1.